The number of β-amino-alcohol motifs (C(OH)–C–C–N with tert-alkyl or cyclic N) is 1. The number of carbonyl (C=O) groups is 1. The van der Waals surface area contributed by atoms with Crippen molar-refractivity contribution in [1.82, 2.24) is 4.90 Å². The van der Waals surface area contributed by atoms with Gasteiger partial charge in [-0.2, -0.15) is 0 Å². The lowest BCUT2D eigenvalue weighted by atomic mass is 9.87. The molecule has 0 bridgehead atoms. The molecule has 4 rings (SSSR count). The Kier molecular flexibility index (Phi) is 5.92. The van der Waals surface area contributed by atoms with E-state index in [1.807, 2.05) is 0 Å². The van der Waals surface area contributed by atoms with Gasteiger partial charge in [0.2, 0.25) is 0 Å². The highest BCUT2D eigenvalue weighted by molar-refractivity contribution is 5.92. The van der Waals surface area contributed by atoms with Gasteiger partial charge in [-0.15, -0.1) is 0 Å². The molecular formula is C23H26FNO5. The van der Waals surface area contributed by atoms with Crippen molar-refractivity contribution in [3.63, 3.8) is 0 Å². The van der Waals surface area contributed by atoms with Gasteiger partial charge >= 0.3 is 5.97 Å². The summed E-state index contributed by atoms with van der Waals surface area (Å²) in [6.45, 7) is 2.12. The maximum atomic E-state index is 13.5. The standard InChI is InChI=1S/C23H26FNO5/c1-28-22(27)19-4-2-3-5-21(19)29-15-18(26)14-25-10-8-23(9-11-25)13-16-12-17(24)6-7-20(16)30-23/h2-7,12,18,26H,8-11,13-15H2,1H3/t18-/m0/s1. The zero-order valence-corrected chi connectivity index (χ0v) is 17.0. The highest BCUT2D eigenvalue weighted by Crippen LogP contribution is 2.41. The van der Waals surface area contributed by atoms with Gasteiger partial charge in [0.05, 0.1) is 7.11 Å². The Morgan fingerprint density at radius 1 is 1.27 bits per heavy atom. The number of aliphatic hydroxyl groups excluding tert-OH is 1. The number of ether oxygens (including phenoxy) is 3. The molecular weight excluding hydrogens is 389 g/mol. The molecule has 0 unspecified atom stereocenters. The summed E-state index contributed by atoms with van der Waals surface area (Å²) in [6.07, 6.45) is 1.68. The van der Waals surface area contributed by atoms with Crippen molar-refractivity contribution >= 4 is 5.97 Å². The molecule has 0 saturated carbocycles. The molecule has 0 amide bonds. The molecule has 1 fully saturated rings. The molecule has 7 heteroatoms. The fourth-order valence-electron chi connectivity index (χ4n) is 4.23. The van der Waals surface area contributed by atoms with Gasteiger partial charge in [0, 0.05) is 44.5 Å². The van der Waals surface area contributed by atoms with Crippen LogP contribution in [0.3, 0.4) is 0 Å². The van der Waals surface area contributed by atoms with E-state index in [9.17, 15) is 14.3 Å². The smallest absolute Gasteiger partial charge is 0.341 e. The number of para-hydroxylation sites is 1. The molecule has 2 aromatic carbocycles. The minimum atomic E-state index is -0.694. The number of hydrogen-bond donors (Lipinski definition) is 1. The Morgan fingerprint density at radius 2 is 2.03 bits per heavy atom. The predicted molar refractivity (Wildman–Crippen MR) is 108 cm³/mol. The van der Waals surface area contributed by atoms with Gasteiger partial charge in [0.15, 0.2) is 0 Å². The summed E-state index contributed by atoms with van der Waals surface area (Å²) in [7, 11) is 1.32. The van der Waals surface area contributed by atoms with E-state index in [1.165, 1.54) is 13.2 Å². The second-order valence-corrected chi connectivity index (χ2v) is 7.97. The second kappa shape index (κ2) is 8.62. The summed E-state index contributed by atoms with van der Waals surface area (Å²) < 4.78 is 30.1. The molecule has 1 saturated heterocycles. The number of rotatable bonds is 6. The maximum Gasteiger partial charge on any atom is 0.341 e. The molecule has 2 aliphatic rings. The van der Waals surface area contributed by atoms with Crippen LogP contribution in [0.5, 0.6) is 11.5 Å². The van der Waals surface area contributed by atoms with Crippen molar-refractivity contribution in [2.75, 3.05) is 33.4 Å². The number of halogens is 1. The van der Waals surface area contributed by atoms with E-state index >= 15 is 0 Å². The van der Waals surface area contributed by atoms with Gasteiger partial charge < -0.3 is 24.2 Å². The molecule has 160 valence electrons. The first-order valence-electron chi connectivity index (χ1n) is 10.2. The molecule has 0 aliphatic carbocycles. The maximum absolute atomic E-state index is 13.5. The van der Waals surface area contributed by atoms with Gasteiger partial charge in [0.25, 0.3) is 0 Å². The molecule has 2 aromatic rings. The number of methoxy groups -OCH3 is 1. The number of esters is 1. The number of nitrogens with zero attached hydrogens (tertiary/aromatic N) is 1. The molecule has 2 heterocycles. The zero-order valence-electron chi connectivity index (χ0n) is 17.0. The Labute approximate surface area is 175 Å². The largest absolute Gasteiger partial charge is 0.490 e. The van der Waals surface area contributed by atoms with Crippen LogP contribution < -0.4 is 9.47 Å². The third-order valence-electron chi connectivity index (χ3n) is 5.82. The van der Waals surface area contributed by atoms with E-state index in [-0.39, 0.29) is 18.0 Å². The fourth-order valence-corrected chi connectivity index (χ4v) is 4.23. The van der Waals surface area contributed by atoms with Crippen LogP contribution in [0.4, 0.5) is 4.39 Å². The average molecular weight is 415 g/mol. The monoisotopic (exact) mass is 415 g/mol. The molecule has 1 N–H and O–H groups in total. The lowest BCUT2D eigenvalue weighted by Gasteiger charge is -2.39. The van der Waals surface area contributed by atoms with Gasteiger partial charge in [-0.3, -0.25) is 0 Å². The minimum absolute atomic E-state index is 0.0802. The number of fused-ring (bicyclic) bond motifs is 1. The van der Waals surface area contributed by atoms with Crippen LogP contribution in [-0.2, 0) is 11.2 Å². The van der Waals surface area contributed by atoms with E-state index in [0.717, 1.165) is 43.7 Å². The van der Waals surface area contributed by atoms with Crippen molar-refractivity contribution in [3.05, 3.63) is 59.4 Å². The van der Waals surface area contributed by atoms with Crippen LogP contribution in [0.1, 0.15) is 28.8 Å². The Balaban J connectivity index is 1.27. The van der Waals surface area contributed by atoms with Crippen LogP contribution in [0.15, 0.2) is 42.5 Å². The molecule has 2 aliphatic heterocycles. The third-order valence-corrected chi connectivity index (χ3v) is 5.82. The number of likely N-dealkylation sites (tertiary alicyclic amines) is 1. The third kappa shape index (κ3) is 4.42. The van der Waals surface area contributed by atoms with Crippen LogP contribution >= 0.6 is 0 Å². The summed E-state index contributed by atoms with van der Waals surface area (Å²) in [5, 5.41) is 10.4. The number of carbonyl (C=O) groups excluding carboxylic acids is 1. The van der Waals surface area contributed by atoms with E-state index in [4.69, 9.17) is 14.2 Å². The van der Waals surface area contributed by atoms with Crippen LogP contribution in [0.25, 0.3) is 0 Å². The second-order valence-electron chi connectivity index (χ2n) is 7.97. The first kappa shape index (κ1) is 20.6. The lowest BCUT2D eigenvalue weighted by Crippen LogP contribution is -2.49. The molecule has 6 nitrogen and oxygen atoms in total. The summed E-state index contributed by atoms with van der Waals surface area (Å²) >= 11 is 0. The normalized spacial score (nSPS) is 18.5. The summed E-state index contributed by atoms with van der Waals surface area (Å²) in [5.74, 6) is 0.468. The highest BCUT2D eigenvalue weighted by Gasteiger charge is 2.42. The topological polar surface area (TPSA) is 68.2 Å². The first-order valence-corrected chi connectivity index (χ1v) is 10.2. The molecule has 1 atom stereocenters. The van der Waals surface area contributed by atoms with E-state index in [1.54, 1.807) is 36.4 Å². The van der Waals surface area contributed by atoms with Gasteiger partial charge in [-0.05, 0) is 30.3 Å². The lowest BCUT2D eigenvalue weighted by molar-refractivity contribution is -0.00204. The number of aliphatic hydroxyl groups is 1. The molecule has 0 aromatic heterocycles. The Bertz CT molecular complexity index is 910. The Hall–Kier alpha value is -2.64. The summed E-state index contributed by atoms with van der Waals surface area (Å²) in [4.78, 5) is 14.0. The number of piperidine rings is 1. The number of hydrogen-bond acceptors (Lipinski definition) is 6. The summed E-state index contributed by atoms with van der Waals surface area (Å²) in [5.41, 5.74) is 0.996. The average Bonchev–Trinajstić information content (AvgIpc) is 3.10. The van der Waals surface area contributed by atoms with Crippen molar-refractivity contribution in [3.8, 4) is 11.5 Å². The van der Waals surface area contributed by atoms with Crippen molar-refractivity contribution in [2.24, 2.45) is 0 Å². The first-order chi connectivity index (χ1) is 14.5. The van der Waals surface area contributed by atoms with Crippen molar-refractivity contribution in [1.29, 1.82) is 0 Å². The fraction of sp³-hybridized carbons (Fsp3) is 0.435. The van der Waals surface area contributed by atoms with Gasteiger partial charge in [-0.1, -0.05) is 12.1 Å². The Morgan fingerprint density at radius 3 is 2.80 bits per heavy atom. The van der Waals surface area contributed by atoms with E-state index < -0.39 is 12.1 Å². The zero-order chi connectivity index (χ0) is 21.1. The minimum Gasteiger partial charge on any atom is -0.490 e. The molecule has 30 heavy (non-hydrogen) atoms. The van der Waals surface area contributed by atoms with Crippen LogP contribution in [0, 0.1) is 5.82 Å². The van der Waals surface area contributed by atoms with Crippen LogP contribution in [0.2, 0.25) is 0 Å². The van der Waals surface area contributed by atoms with Gasteiger partial charge in [-0.25, -0.2) is 9.18 Å². The molecule has 0 radical (unpaired) electrons. The van der Waals surface area contributed by atoms with E-state index in [2.05, 4.69) is 4.90 Å². The highest BCUT2D eigenvalue weighted by atomic mass is 19.1. The predicted octanol–water partition coefficient (Wildman–Crippen LogP) is 2.82. The van der Waals surface area contributed by atoms with Crippen molar-refractivity contribution in [2.45, 2.75) is 31.0 Å². The number of benzene rings is 2. The SMILES string of the molecule is COC(=O)c1ccccc1OC[C@@H](O)CN1CCC2(CC1)Cc1cc(F)ccc1O2. The van der Waals surface area contributed by atoms with Crippen molar-refractivity contribution < 1.29 is 28.5 Å². The van der Waals surface area contributed by atoms with Gasteiger partial charge in [0.1, 0.15) is 41.2 Å². The van der Waals surface area contributed by atoms with Crippen LogP contribution in [-0.4, -0.2) is 61.0 Å². The molecule has 1 spiro atoms. The van der Waals surface area contributed by atoms with E-state index in [0.29, 0.717) is 17.9 Å². The quantitative estimate of drug-likeness (QED) is 0.732. The summed E-state index contributed by atoms with van der Waals surface area (Å²) in [6, 6.07) is 11.5.